The Morgan fingerprint density at radius 2 is 1.05 bits per heavy atom. The van der Waals surface area contributed by atoms with Crippen molar-refractivity contribution in [3.05, 3.63) is 54.2 Å². The minimum Gasteiger partial charge on any atom is -0.481 e. The number of guanidine groups is 2. The number of rotatable bonds is 48. The van der Waals surface area contributed by atoms with Gasteiger partial charge in [0.2, 0.25) is 70.9 Å². The van der Waals surface area contributed by atoms with Gasteiger partial charge in [-0.2, -0.15) is 37.0 Å². The second kappa shape index (κ2) is 45.0. The zero-order chi connectivity index (χ0) is 76.2. The fourth-order valence-electron chi connectivity index (χ4n) is 9.71. The lowest BCUT2D eigenvalue weighted by molar-refractivity contribution is -0.141. The van der Waals surface area contributed by atoms with E-state index in [1.165, 1.54) is 24.3 Å². The highest BCUT2D eigenvalue weighted by atomic mass is 32.2. The fraction of sp³-hybridized carbons (Fsp3) is 0.550. The standard InChI is InChI=1S/C60H94N22O17S3/c1-29(2)18-39(73-46(85)24-71-49(89)35(10-6-15-68-59(63)64)74-54(94)40(19-30-22-70-34-9-5-4-8-32(30)34)78-57(97)43(25-83)81-48(88)33(61)26-100)53(93)76-37(12-13-47(86)87)51(91)80-42(21-45(62)84)56(96)79-41(20-31-23-67-28-72-31)55(95)75-36(11-7-16-69-60(65)66)50(90)77-38(14-17-102-3)52(92)82-44(27-101)58(98)99/h4-5,8-9,22-23,28-29,33,35-44,70,83,100-101H,6-7,10-21,24-27,61H2,1-3H3,(H2,62,84)(H,67,72)(H,71,89)(H,73,85)(H,74,94)(H,75,95)(H,76,93)(H,77,90)(H,78,97)(H,79,96)(H,80,91)(H,81,88)(H,82,92)(H,86,87)(H,98,99)(H4,63,64,68)(H4,65,66,69)/t33-,35-,36-,37-,38-,39-,40-,41-,42-,43-,44-/m0/s1. The summed E-state index contributed by atoms with van der Waals surface area (Å²) < 4.78 is 0. The van der Waals surface area contributed by atoms with Gasteiger partial charge in [-0.05, 0) is 74.5 Å². The molecular formula is C60H94N22O17S3. The van der Waals surface area contributed by atoms with Gasteiger partial charge in [0.25, 0.3) is 0 Å². The molecule has 564 valence electrons. The first kappa shape index (κ1) is 86.3. The molecular weight excluding hydrogens is 1400 g/mol. The van der Waals surface area contributed by atoms with Gasteiger partial charge >= 0.3 is 11.9 Å². The molecule has 0 saturated heterocycles. The lowest BCUT2D eigenvalue weighted by atomic mass is 10.0. The molecule has 3 rings (SSSR count). The first-order chi connectivity index (χ1) is 48.3. The third-order valence-electron chi connectivity index (χ3n) is 15.0. The number of nitrogens with two attached hydrogens (primary N) is 6. The summed E-state index contributed by atoms with van der Waals surface area (Å²) in [7, 11) is 0. The Labute approximate surface area is 601 Å². The number of amides is 12. The van der Waals surface area contributed by atoms with E-state index in [1.54, 1.807) is 50.6 Å². The van der Waals surface area contributed by atoms with Crippen LogP contribution in [0.2, 0.25) is 0 Å². The predicted octanol–water partition coefficient (Wildman–Crippen LogP) is -7.45. The Morgan fingerprint density at radius 1 is 0.569 bits per heavy atom. The zero-order valence-corrected chi connectivity index (χ0v) is 59.0. The molecule has 0 bridgehead atoms. The number of carboxylic acid groups (broad SMARTS) is 2. The Morgan fingerprint density at radius 3 is 1.55 bits per heavy atom. The molecule has 0 aliphatic carbocycles. The molecule has 11 atom stereocenters. The average Bonchev–Trinajstić information content (AvgIpc) is 1.64. The molecule has 0 saturated carbocycles. The number of aliphatic imine (C=N–C) groups is 2. The first-order valence-corrected chi connectivity index (χ1v) is 34.7. The molecule has 0 aliphatic rings. The van der Waals surface area contributed by atoms with E-state index < -0.39 is 188 Å². The van der Waals surface area contributed by atoms with E-state index in [9.17, 15) is 82.4 Å². The van der Waals surface area contributed by atoms with E-state index in [-0.39, 0.29) is 93.1 Å². The molecule has 0 aliphatic heterocycles. The van der Waals surface area contributed by atoms with Gasteiger partial charge in [0.1, 0.15) is 60.4 Å². The molecule has 2 heterocycles. The predicted molar refractivity (Wildman–Crippen MR) is 380 cm³/mol. The number of para-hydroxylation sites is 1. The van der Waals surface area contributed by atoms with Crippen LogP contribution in [0.25, 0.3) is 10.9 Å². The van der Waals surface area contributed by atoms with Crippen LogP contribution in [0.5, 0.6) is 0 Å². The third-order valence-corrected chi connectivity index (χ3v) is 16.4. The number of aliphatic hydroxyl groups is 1. The van der Waals surface area contributed by atoms with E-state index in [2.05, 4.69) is 109 Å². The number of carboxylic acids is 2. The molecule has 3 aromatic rings. The summed E-state index contributed by atoms with van der Waals surface area (Å²) in [6.45, 7) is 1.48. The number of primary amides is 1. The largest absolute Gasteiger partial charge is 0.481 e. The van der Waals surface area contributed by atoms with Crippen LogP contribution in [0.4, 0.5) is 0 Å². The summed E-state index contributed by atoms with van der Waals surface area (Å²) in [6.07, 6.45) is 2.48. The van der Waals surface area contributed by atoms with Gasteiger partial charge in [-0.1, -0.05) is 32.0 Å². The number of H-pyrrole nitrogens is 2. The van der Waals surface area contributed by atoms with Gasteiger partial charge in [-0.3, -0.25) is 72.3 Å². The van der Waals surface area contributed by atoms with Crippen LogP contribution in [0.15, 0.2) is 53.0 Å². The molecule has 102 heavy (non-hydrogen) atoms. The van der Waals surface area contributed by atoms with Crippen molar-refractivity contribution >= 4 is 143 Å². The van der Waals surface area contributed by atoms with E-state index in [0.29, 0.717) is 22.2 Å². The van der Waals surface area contributed by atoms with Gasteiger partial charge in [-0.15, -0.1) is 0 Å². The molecule has 2 aromatic heterocycles. The van der Waals surface area contributed by atoms with Gasteiger partial charge in [0.15, 0.2) is 11.9 Å². The number of aliphatic carboxylic acids is 2. The summed E-state index contributed by atoms with van der Waals surface area (Å²) in [5, 5.41) is 56.9. The number of imidazole rings is 1. The number of nitrogens with zero attached hydrogens (tertiary/aromatic N) is 3. The Hall–Kier alpha value is -9.94. The number of carbonyl (C=O) groups is 14. The van der Waals surface area contributed by atoms with Crippen molar-refractivity contribution in [3.8, 4) is 0 Å². The Kier molecular flexibility index (Phi) is 38.1. The zero-order valence-electron chi connectivity index (χ0n) is 56.4. The maximum Gasteiger partial charge on any atom is 0.327 e. The summed E-state index contributed by atoms with van der Waals surface area (Å²) in [4.78, 5) is 207. The van der Waals surface area contributed by atoms with E-state index >= 15 is 0 Å². The number of hydrogen-bond acceptors (Lipinski definition) is 22. The number of nitrogens with one attached hydrogen (secondary N) is 13. The highest BCUT2D eigenvalue weighted by molar-refractivity contribution is 7.98. The second-order valence-corrected chi connectivity index (χ2v) is 25.4. The summed E-state index contributed by atoms with van der Waals surface area (Å²) in [5.41, 5.74) is 34.8. The molecule has 0 unspecified atom stereocenters. The molecule has 28 N–H and O–H groups in total. The Balaban J connectivity index is 1.93. The van der Waals surface area contributed by atoms with Crippen molar-refractivity contribution in [2.24, 2.45) is 50.3 Å². The van der Waals surface area contributed by atoms with Gasteiger partial charge in [0, 0.05) is 72.8 Å². The highest BCUT2D eigenvalue weighted by Gasteiger charge is 2.37. The molecule has 0 fully saturated rings. The van der Waals surface area contributed by atoms with Crippen molar-refractivity contribution in [2.45, 2.75) is 151 Å². The van der Waals surface area contributed by atoms with Crippen LogP contribution in [-0.4, -0.2) is 241 Å². The van der Waals surface area contributed by atoms with Crippen LogP contribution in [-0.2, 0) is 80.0 Å². The molecule has 0 spiro atoms. The van der Waals surface area contributed by atoms with Gasteiger partial charge < -0.3 is 118 Å². The SMILES string of the molecule is CSCC[C@H](NC(=O)[C@H](CCCN=C(N)N)NC(=O)[C@H](Cc1cnc[nH]1)NC(=O)[C@H](CC(N)=O)NC(=O)[C@H](CCC(=O)O)NC(=O)[C@H](CC(C)C)NC(=O)CNC(=O)[C@H](CCCN=C(N)N)NC(=O)[C@H](Cc1c[nH]c2ccccc12)NC(=O)[C@H](CO)NC(=O)[C@@H](N)CS)C(=O)N[C@@H](CS)C(=O)O. The molecule has 1 aromatic carbocycles. The minimum absolute atomic E-state index is 0.00515. The van der Waals surface area contributed by atoms with Crippen molar-refractivity contribution in [3.63, 3.8) is 0 Å². The van der Waals surface area contributed by atoms with Gasteiger partial charge in [0.05, 0.1) is 31.9 Å². The van der Waals surface area contributed by atoms with Crippen LogP contribution in [0.1, 0.15) is 82.9 Å². The molecule has 39 nitrogen and oxygen atoms in total. The highest BCUT2D eigenvalue weighted by Crippen LogP contribution is 2.20. The number of hydrogen-bond donors (Lipinski definition) is 24. The third kappa shape index (κ3) is 31.3. The number of carbonyl (C=O) groups excluding carboxylic acids is 12. The summed E-state index contributed by atoms with van der Waals surface area (Å²) in [5.74, 6) is -16.2. The van der Waals surface area contributed by atoms with Crippen molar-refractivity contribution in [1.82, 2.24) is 73.4 Å². The van der Waals surface area contributed by atoms with E-state index in [4.69, 9.17) is 34.4 Å². The molecule has 42 heteroatoms. The summed E-state index contributed by atoms with van der Waals surface area (Å²) in [6, 6.07) is -9.97. The van der Waals surface area contributed by atoms with E-state index in [1.807, 2.05) is 0 Å². The maximum atomic E-state index is 14.4. The number of aliphatic hydroxyl groups excluding tert-OH is 1. The maximum absolute atomic E-state index is 14.4. The lowest BCUT2D eigenvalue weighted by Crippen LogP contribution is -2.61. The quantitative estimate of drug-likeness (QED) is 0.0108. The van der Waals surface area contributed by atoms with Crippen LogP contribution in [0, 0.1) is 5.92 Å². The van der Waals surface area contributed by atoms with Crippen molar-refractivity contribution in [1.29, 1.82) is 0 Å². The number of thioether (sulfide) groups is 1. The number of benzene rings is 1. The average molecular weight is 1490 g/mol. The topological polar surface area (TPSA) is 657 Å². The molecule has 0 radical (unpaired) electrons. The Bertz CT molecular complexity index is 3410. The van der Waals surface area contributed by atoms with Gasteiger partial charge in [-0.25, -0.2) is 9.78 Å². The second-order valence-electron chi connectivity index (χ2n) is 23.6. The van der Waals surface area contributed by atoms with E-state index in [0.717, 1.165) is 0 Å². The number of aromatic amines is 2. The fourth-order valence-corrected chi connectivity index (χ4v) is 10.6. The minimum atomic E-state index is -1.96. The van der Waals surface area contributed by atoms with Crippen LogP contribution in [0.3, 0.4) is 0 Å². The van der Waals surface area contributed by atoms with Crippen LogP contribution < -0.4 is 92.9 Å². The smallest absolute Gasteiger partial charge is 0.327 e. The van der Waals surface area contributed by atoms with Crippen molar-refractivity contribution in [2.75, 3.05) is 49.8 Å². The number of aromatic nitrogens is 3. The summed E-state index contributed by atoms with van der Waals surface area (Å²) >= 11 is 9.29. The number of fused-ring (bicyclic) bond motifs is 1. The van der Waals surface area contributed by atoms with Crippen molar-refractivity contribution < 1.29 is 82.4 Å². The number of thiol groups is 2. The lowest BCUT2D eigenvalue weighted by Gasteiger charge is -2.27. The normalized spacial score (nSPS) is 14.3. The van der Waals surface area contributed by atoms with Crippen LogP contribution >= 0.6 is 37.0 Å². The molecule has 12 amide bonds. The first-order valence-electron chi connectivity index (χ1n) is 32.0. The monoisotopic (exact) mass is 1490 g/mol.